The lowest BCUT2D eigenvalue weighted by atomic mass is 10.0. The van der Waals surface area contributed by atoms with Gasteiger partial charge in [0.05, 0.1) is 0 Å². The third-order valence-electron chi connectivity index (χ3n) is 3.60. The number of benzene rings is 1. The Balaban J connectivity index is 2.08. The highest BCUT2D eigenvalue weighted by atomic mass is 16.4. The van der Waals surface area contributed by atoms with Gasteiger partial charge in [-0.25, -0.2) is 0 Å². The Bertz CT molecular complexity index is 711. The monoisotopic (exact) mass is 344 g/mol. The normalized spacial score (nSPS) is 12.2. The summed E-state index contributed by atoms with van der Waals surface area (Å²) in [7, 11) is 0. The summed E-state index contributed by atoms with van der Waals surface area (Å²) in [4.78, 5) is 24.6. The predicted molar refractivity (Wildman–Crippen MR) is 94.6 cm³/mol. The molecule has 1 heterocycles. The number of rotatable bonds is 7. The molecule has 25 heavy (non-hydrogen) atoms. The summed E-state index contributed by atoms with van der Waals surface area (Å²) in [6, 6.07) is 6.52. The van der Waals surface area contributed by atoms with E-state index < -0.39 is 6.04 Å². The van der Waals surface area contributed by atoms with E-state index in [4.69, 9.17) is 4.42 Å². The van der Waals surface area contributed by atoms with Crippen LogP contribution in [0.15, 0.2) is 35.1 Å². The van der Waals surface area contributed by atoms with Crippen LogP contribution in [0.5, 0.6) is 0 Å². The number of carbonyl (C=O) groups excluding carboxylic acids is 2. The van der Waals surface area contributed by atoms with E-state index in [1.54, 1.807) is 18.2 Å². The molecule has 0 fully saturated rings. The second kappa shape index (κ2) is 8.41. The fraction of sp³-hybridized carbons (Fsp3) is 0.444. The molecule has 2 amide bonds. The third kappa shape index (κ3) is 5.41. The Morgan fingerprint density at radius 1 is 1.20 bits per heavy atom. The van der Waals surface area contributed by atoms with Crippen LogP contribution >= 0.6 is 0 Å². The highest BCUT2D eigenvalue weighted by molar-refractivity contribution is 5.97. The maximum Gasteiger partial charge on any atom is 0.247 e. The zero-order valence-electron chi connectivity index (χ0n) is 14.9. The van der Waals surface area contributed by atoms with Gasteiger partial charge in [-0.15, -0.1) is 10.2 Å². The predicted octanol–water partition coefficient (Wildman–Crippen LogP) is 2.86. The smallest absolute Gasteiger partial charge is 0.247 e. The van der Waals surface area contributed by atoms with Crippen molar-refractivity contribution in [2.24, 2.45) is 11.8 Å². The lowest BCUT2D eigenvalue weighted by Gasteiger charge is -2.22. The first-order valence-corrected chi connectivity index (χ1v) is 8.33. The highest BCUT2D eigenvalue weighted by Gasteiger charge is 2.24. The zero-order valence-corrected chi connectivity index (χ0v) is 14.9. The molecule has 0 aliphatic rings. The molecule has 0 radical (unpaired) electrons. The summed E-state index contributed by atoms with van der Waals surface area (Å²) in [5.74, 6) is 0.206. The molecule has 1 atom stereocenters. The Hall–Kier alpha value is -2.70. The van der Waals surface area contributed by atoms with Gasteiger partial charge in [0.2, 0.25) is 24.1 Å². The number of nitrogens with one attached hydrogen (secondary N) is 2. The minimum atomic E-state index is -0.599. The molecule has 7 nitrogen and oxygen atoms in total. The first kappa shape index (κ1) is 18.6. The van der Waals surface area contributed by atoms with Gasteiger partial charge >= 0.3 is 0 Å². The van der Waals surface area contributed by atoms with Crippen molar-refractivity contribution in [3.63, 3.8) is 0 Å². The second-order valence-electron chi connectivity index (χ2n) is 6.70. The van der Waals surface area contributed by atoms with Gasteiger partial charge < -0.3 is 15.1 Å². The second-order valence-corrected chi connectivity index (χ2v) is 6.70. The summed E-state index contributed by atoms with van der Waals surface area (Å²) < 4.78 is 5.16. The molecule has 134 valence electrons. The van der Waals surface area contributed by atoms with Gasteiger partial charge in [0.25, 0.3) is 0 Å². The molecule has 1 unspecified atom stereocenters. The fourth-order valence-corrected chi connectivity index (χ4v) is 2.39. The van der Waals surface area contributed by atoms with E-state index in [1.165, 1.54) is 6.39 Å². The van der Waals surface area contributed by atoms with Gasteiger partial charge in [0, 0.05) is 17.7 Å². The van der Waals surface area contributed by atoms with E-state index in [0.717, 1.165) is 0 Å². The number of hydrogen-bond donors (Lipinski definition) is 2. The van der Waals surface area contributed by atoms with Crippen molar-refractivity contribution in [1.29, 1.82) is 0 Å². The number of nitrogens with zero attached hydrogens (tertiary/aromatic N) is 2. The van der Waals surface area contributed by atoms with Gasteiger partial charge in [-0.2, -0.15) is 0 Å². The maximum absolute atomic E-state index is 12.6. The highest BCUT2D eigenvalue weighted by Crippen LogP contribution is 2.20. The van der Waals surface area contributed by atoms with Crippen molar-refractivity contribution in [3.05, 3.63) is 30.7 Å². The summed E-state index contributed by atoms with van der Waals surface area (Å²) >= 11 is 0. The molecule has 1 aromatic heterocycles. The molecule has 0 saturated carbocycles. The lowest BCUT2D eigenvalue weighted by molar-refractivity contribution is -0.127. The molecule has 1 aromatic carbocycles. The summed E-state index contributed by atoms with van der Waals surface area (Å²) in [5.41, 5.74) is 1.31. The van der Waals surface area contributed by atoms with Crippen LogP contribution in [-0.4, -0.2) is 28.1 Å². The number of aromatic nitrogens is 2. The SMILES string of the molecule is CC(C)CC(=O)NC(C(=O)Nc1cccc(-c2nnco2)c1)C(C)C. The fourth-order valence-electron chi connectivity index (χ4n) is 2.39. The number of amides is 2. The van der Waals surface area contributed by atoms with E-state index in [2.05, 4.69) is 20.8 Å². The quantitative estimate of drug-likeness (QED) is 0.805. The molecule has 2 N–H and O–H groups in total. The molecular weight excluding hydrogens is 320 g/mol. The molecule has 0 bridgehead atoms. The molecule has 0 aliphatic carbocycles. The summed E-state index contributed by atoms with van der Waals surface area (Å²) in [5, 5.41) is 13.2. The number of hydrogen-bond acceptors (Lipinski definition) is 5. The Morgan fingerprint density at radius 2 is 1.96 bits per heavy atom. The standard InChI is InChI=1S/C18H24N4O3/c1-11(2)8-15(23)21-16(12(3)4)17(24)20-14-7-5-6-13(9-14)18-22-19-10-25-18/h5-7,9-12,16H,8H2,1-4H3,(H,20,24)(H,21,23). The van der Waals surface area contributed by atoms with E-state index in [9.17, 15) is 9.59 Å². The van der Waals surface area contributed by atoms with Gasteiger partial charge in [0.15, 0.2) is 0 Å². The molecule has 0 saturated heterocycles. The maximum atomic E-state index is 12.6. The molecule has 2 aromatic rings. The van der Waals surface area contributed by atoms with E-state index >= 15 is 0 Å². The van der Waals surface area contributed by atoms with Crippen molar-refractivity contribution >= 4 is 17.5 Å². The van der Waals surface area contributed by atoms with Crippen LogP contribution in [0.25, 0.3) is 11.5 Å². The Labute approximate surface area is 147 Å². The first-order valence-electron chi connectivity index (χ1n) is 8.33. The molecule has 0 aliphatic heterocycles. The molecule has 7 heteroatoms. The van der Waals surface area contributed by atoms with Crippen LogP contribution < -0.4 is 10.6 Å². The van der Waals surface area contributed by atoms with E-state index in [-0.39, 0.29) is 23.7 Å². The minimum Gasteiger partial charge on any atom is -0.423 e. The zero-order chi connectivity index (χ0) is 18.4. The lowest BCUT2D eigenvalue weighted by Crippen LogP contribution is -2.47. The summed E-state index contributed by atoms with van der Waals surface area (Å²) in [6.07, 6.45) is 1.64. The average Bonchev–Trinajstić information content (AvgIpc) is 3.06. The van der Waals surface area contributed by atoms with Crippen molar-refractivity contribution in [2.75, 3.05) is 5.32 Å². The van der Waals surface area contributed by atoms with Crippen molar-refractivity contribution in [2.45, 2.75) is 40.2 Å². The van der Waals surface area contributed by atoms with Crippen LogP contribution in [-0.2, 0) is 9.59 Å². The Morgan fingerprint density at radius 3 is 2.56 bits per heavy atom. The van der Waals surface area contributed by atoms with Crippen LogP contribution in [0.1, 0.15) is 34.1 Å². The third-order valence-corrected chi connectivity index (χ3v) is 3.60. The van der Waals surface area contributed by atoms with Crippen LogP contribution in [0.2, 0.25) is 0 Å². The van der Waals surface area contributed by atoms with E-state index in [1.807, 2.05) is 33.8 Å². The van der Waals surface area contributed by atoms with Gasteiger partial charge in [-0.3, -0.25) is 9.59 Å². The van der Waals surface area contributed by atoms with Crippen molar-refractivity contribution in [1.82, 2.24) is 15.5 Å². The van der Waals surface area contributed by atoms with Gasteiger partial charge in [-0.05, 0) is 30.0 Å². The molecular formula is C18H24N4O3. The summed E-state index contributed by atoms with van der Waals surface area (Å²) in [6.45, 7) is 7.73. The van der Waals surface area contributed by atoms with Crippen molar-refractivity contribution in [3.8, 4) is 11.5 Å². The number of anilines is 1. The Kier molecular flexibility index (Phi) is 6.27. The van der Waals surface area contributed by atoms with Gasteiger partial charge in [0.1, 0.15) is 6.04 Å². The van der Waals surface area contributed by atoms with Crippen LogP contribution in [0.3, 0.4) is 0 Å². The van der Waals surface area contributed by atoms with Crippen LogP contribution in [0, 0.1) is 11.8 Å². The van der Waals surface area contributed by atoms with E-state index in [0.29, 0.717) is 23.6 Å². The minimum absolute atomic E-state index is 0.0322. The topological polar surface area (TPSA) is 97.1 Å². The number of carbonyl (C=O) groups is 2. The molecule has 2 rings (SSSR count). The van der Waals surface area contributed by atoms with Crippen molar-refractivity contribution < 1.29 is 14.0 Å². The molecule has 0 spiro atoms. The van der Waals surface area contributed by atoms with Gasteiger partial charge in [-0.1, -0.05) is 33.8 Å². The van der Waals surface area contributed by atoms with Crippen LogP contribution in [0.4, 0.5) is 5.69 Å². The average molecular weight is 344 g/mol. The largest absolute Gasteiger partial charge is 0.423 e. The first-order chi connectivity index (χ1) is 11.9.